The van der Waals surface area contributed by atoms with Crippen LogP contribution in [-0.2, 0) is 0 Å². The quantitative estimate of drug-likeness (QED) is 0.783. The number of ketones is 1. The summed E-state index contributed by atoms with van der Waals surface area (Å²) in [7, 11) is 0. The standard InChI is InChI=1S/C11H6BrClO2/c12-10-6-5-9(15-10)11(14)7-3-1-2-4-8(7)13/h1-6H. The molecule has 2 nitrogen and oxygen atoms in total. The fraction of sp³-hybridized carbons (Fsp3) is 0. The molecule has 0 aliphatic carbocycles. The first-order valence-corrected chi connectivity index (χ1v) is 5.40. The van der Waals surface area contributed by atoms with E-state index < -0.39 is 0 Å². The summed E-state index contributed by atoms with van der Waals surface area (Å²) in [6.07, 6.45) is 0. The molecule has 0 aliphatic heterocycles. The van der Waals surface area contributed by atoms with E-state index in [0.717, 1.165) is 0 Å². The van der Waals surface area contributed by atoms with E-state index in [4.69, 9.17) is 16.0 Å². The van der Waals surface area contributed by atoms with Crippen molar-refractivity contribution >= 4 is 33.3 Å². The number of carbonyl (C=O) groups excluding carboxylic acids is 1. The van der Waals surface area contributed by atoms with Crippen LogP contribution < -0.4 is 0 Å². The van der Waals surface area contributed by atoms with Crippen LogP contribution in [0, 0.1) is 0 Å². The van der Waals surface area contributed by atoms with Gasteiger partial charge >= 0.3 is 0 Å². The molecule has 0 fully saturated rings. The van der Waals surface area contributed by atoms with Crippen LogP contribution in [-0.4, -0.2) is 5.78 Å². The average Bonchev–Trinajstić information content (AvgIpc) is 2.65. The van der Waals surface area contributed by atoms with E-state index in [-0.39, 0.29) is 11.5 Å². The van der Waals surface area contributed by atoms with Crippen molar-refractivity contribution in [3.63, 3.8) is 0 Å². The normalized spacial score (nSPS) is 10.3. The fourth-order valence-corrected chi connectivity index (χ4v) is 1.74. The highest BCUT2D eigenvalue weighted by Crippen LogP contribution is 2.21. The van der Waals surface area contributed by atoms with Crippen molar-refractivity contribution in [2.75, 3.05) is 0 Å². The van der Waals surface area contributed by atoms with Crippen LogP contribution in [0.5, 0.6) is 0 Å². The number of hydrogen-bond acceptors (Lipinski definition) is 2. The Bertz CT molecular complexity index is 505. The van der Waals surface area contributed by atoms with E-state index in [1.165, 1.54) is 0 Å². The first kappa shape index (κ1) is 10.5. The number of hydrogen-bond donors (Lipinski definition) is 0. The second-order valence-electron chi connectivity index (χ2n) is 2.91. The van der Waals surface area contributed by atoms with Gasteiger partial charge in [0.25, 0.3) is 0 Å². The van der Waals surface area contributed by atoms with Crippen LogP contribution in [0.25, 0.3) is 0 Å². The molecule has 0 spiro atoms. The van der Waals surface area contributed by atoms with E-state index in [1.54, 1.807) is 36.4 Å². The van der Waals surface area contributed by atoms with Gasteiger partial charge in [-0.2, -0.15) is 0 Å². The Morgan fingerprint density at radius 3 is 2.53 bits per heavy atom. The van der Waals surface area contributed by atoms with Crippen molar-refractivity contribution in [2.24, 2.45) is 0 Å². The molecule has 1 aromatic heterocycles. The van der Waals surface area contributed by atoms with Gasteiger partial charge in [0.2, 0.25) is 5.78 Å². The van der Waals surface area contributed by atoms with E-state index in [0.29, 0.717) is 15.3 Å². The zero-order valence-electron chi connectivity index (χ0n) is 7.54. The third-order valence-corrected chi connectivity index (χ3v) is 2.67. The van der Waals surface area contributed by atoms with Crippen LogP contribution in [0.2, 0.25) is 5.02 Å². The second-order valence-corrected chi connectivity index (χ2v) is 4.10. The highest BCUT2D eigenvalue weighted by molar-refractivity contribution is 9.10. The van der Waals surface area contributed by atoms with Crippen molar-refractivity contribution < 1.29 is 9.21 Å². The molecule has 76 valence electrons. The summed E-state index contributed by atoms with van der Waals surface area (Å²) >= 11 is 9.04. The molecule has 0 aliphatic rings. The molecule has 0 saturated carbocycles. The number of furan rings is 1. The lowest BCUT2D eigenvalue weighted by molar-refractivity contribution is 0.101. The summed E-state index contributed by atoms with van der Waals surface area (Å²) in [6, 6.07) is 10.2. The summed E-state index contributed by atoms with van der Waals surface area (Å²) in [5.41, 5.74) is 0.445. The van der Waals surface area contributed by atoms with Crippen LogP contribution >= 0.6 is 27.5 Å². The first-order chi connectivity index (χ1) is 7.18. The molecule has 15 heavy (non-hydrogen) atoms. The zero-order chi connectivity index (χ0) is 10.8. The maximum Gasteiger partial charge on any atom is 0.229 e. The molecule has 1 heterocycles. The number of rotatable bonds is 2. The Labute approximate surface area is 100.0 Å². The summed E-state index contributed by atoms with van der Waals surface area (Å²) in [5.74, 6) is 0.0567. The monoisotopic (exact) mass is 284 g/mol. The summed E-state index contributed by atoms with van der Waals surface area (Å²) in [4.78, 5) is 11.9. The zero-order valence-corrected chi connectivity index (χ0v) is 9.88. The third-order valence-electron chi connectivity index (χ3n) is 1.92. The van der Waals surface area contributed by atoms with Crippen molar-refractivity contribution in [1.82, 2.24) is 0 Å². The Kier molecular flexibility index (Phi) is 2.93. The lowest BCUT2D eigenvalue weighted by Crippen LogP contribution is -1.99. The van der Waals surface area contributed by atoms with E-state index >= 15 is 0 Å². The van der Waals surface area contributed by atoms with Gasteiger partial charge in [-0.15, -0.1) is 0 Å². The van der Waals surface area contributed by atoms with E-state index in [1.807, 2.05) is 0 Å². The minimum Gasteiger partial charge on any atom is -0.446 e. The third kappa shape index (κ3) is 2.13. The highest BCUT2D eigenvalue weighted by atomic mass is 79.9. The van der Waals surface area contributed by atoms with Crippen LogP contribution in [0.4, 0.5) is 0 Å². The van der Waals surface area contributed by atoms with E-state index in [2.05, 4.69) is 15.9 Å². The number of halogens is 2. The molecule has 0 atom stereocenters. The first-order valence-electron chi connectivity index (χ1n) is 4.23. The second kappa shape index (κ2) is 4.21. The smallest absolute Gasteiger partial charge is 0.229 e. The molecule has 1 aromatic carbocycles. The van der Waals surface area contributed by atoms with Crippen LogP contribution in [0.15, 0.2) is 45.5 Å². The van der Waals surface area contributed by atoms with Gasteiger partial charge in [0.05, 0.1) is 5.02 Å². The largest absolute Gasteiger partial charge is 0.446 e. The summed E-state index contributed by atoms with van der Waals surface area (Å²) in [5, 5.41) is 0.426. The van der Waals surface area contributed by atoms with Gasteiger partial charge in [-0.25, -0.2) is 0 Å². The average molecular weight is 286 g/mol. The Morgan fingerprint density at radius 2 is 1.93 bits per heavy atom. The molecule has 0 amide bonds. The summed E-state index contributed by atoms with van der Waals surface area (Å²) < 4.78 is 5.69. The van der Waals surface area contributed by atoms with Crippen molar-refractivity contribution in [3.8, 4) is 0 Å². The van der Waals surface area contributed by atoms with Gasteiger partial charge in [0.15, 0.2) is 10.4 Å². The topological polar surface area (TPSA) is 30.2 Å². The van der Waals surface area contributed by atoms with Crippen molar-refractivity contribution in [2.45, 2.75) is 0 Å². The molecule has 0 N–H and O–H groups in total. The van der Waals surface area contributed by atoms with Gasteiger partial charge < -0.3 is 4.42 Å². The highest BCUT2D eigenvalue weighted by Gasteiger charge is 2.15. The van der Waals surface area contributed by atoms with Crippen LogP contribution in [0.1, 0.15) is 16.1 Å². The predicted octanol–water partition coefficient (Wildman–Crippen LogP) is 3.93. The minimum absolute atomic E-state index is 0.216. The molecule has 2 aromatic rings. The van der Waals surface area contributed by atoms with Crippen molar-refractivity contribution in [3.05, 3.63) is 57.4 Å². The molecule has 0 unspecified atom stereocenters. The van der Waals surface area contributed by atoms with Gasteiger partial charge in [-0.1, -0.05) is 23.7 Å². The molecular weight excluding hydrogens is 279 g/mol. The fourth-order valence-electron chi connectivity index (χ4n) is 1.21. The van der Waals surface area contributed by atoms with Gasteiger partial charge in [0.1, 0.15) is 0 Å². The Morgan fingerprint density at radius 1 is 1.20 bits per heavy atom. The minimum atomic E-state index is -0.216. The van der Waals surface area contributed by atoms with Gasteiger partial charge in [-0.3, -0.25) is 4.79 Å². The molecular formula is C11H6BrClO2. The maximum absolute atomic E-state index is 11.9. The molecule has 2 rings (SSSR count). The lowest BCUT2D eigenvalue weighted by Gasteiger charge is -1.99. The lowest BCUT2D eigenvalue weighted by atomic mass is 10.1. The molecule has 0 radical (unpaired) electrons. The summed E-state index contributed by atoms with van der Waals surface area (Å²) in [6.45, 7) is 0. The molecule has 0 bridgehead atoms. The Balaban J connectivity index is 2.41. The van der Waals surface area contributed by atoms with E-state index in [9.17, 15) is 4.79 Å². The molecule has 0 saturated heterocycles. The van der Waals surface area contributed by atoms with Gasteiger partial charge in [-0.05, 0) is 40.2 Å². The number of benzene rings is 1. The van der Waals surface area contributed by atoms with Crippen molar-refractivity contribution in [1.29, 1.82) is 0 Å². The van der Waals surface area contributed by atoms with Gasteiger partial charge in [0, 0.05) is 5.56 Å². The molecule has 4 heteroatoms. The number of carbonyl (C=O) groups is 1. The Hall–Kier alpha value is -1.06. The maximum atomic E-state index is 11.9. The predicted molar refractivity (Wildman–Crippen MR) is 61.3 cm³/mol. The van der Waals surface area contributed by atoms with Crippen LogP contribution in [0.3, 0.4) is 0 Å². The SMILES string of the molecule is O=C(c1ccc(Br)o1)c1ccccc1Cl.